The molecule has 3 aromatic rings. The summed E-state index contributed by atoms with van der Waals surface area (Å²) in [5, 5.41) is 2.93. The number of sulfonamides is 1. The van der Waals surface area contributed by atoms with Crippen LogP contribution in [0.1, 0.15) is 45.6 Å². The highest BCUT2D eigenvalue weighted by molar-refractivity contribution is 7.92. The quantitative estimate of drug-likeness (QED) is 0.189. The van der Waals surface area contributed by atoms with Crippen molar-refractivity contribution in [3.63, 3.8) is 0 Å². The molecular formula is C34H45N3O8S. The number of hydrogen-bond acceptors (Lipinski definition) is 8. The number of rotatable bonds is 18. The van der Waals surface area contributed by atoms with E-state index in [2.05, 4.69) is 5.32 Å². The zero-order valence-corrected chi connectivity index (χ0v) is 28.3. The highest BCUT2D eigenvalue weighted by Crippen LogP contribution is 2.33. The highest BCUT2D eigenvalue weighted by atomic mass is 32.2. The van der Waals surface area contributed by atoms with E-state index in [1.54, 1.807) is 49.6 Å². The lowest BCUT2D eigenvalue weighted by Crippen LogP contribution is -2.52. The average molecular weight is 656 g/mol. The predicted molar refractivity (Wildman–Crippen MR) is 177 cm³/mol. The number of benzene rings is 3. The summed E-state index contributed by atoms with van der Waals surface area (Å²) in [6.45, 7) is 6.08. The average Bonchev–Trinajstić information content (AvgIpc) is 3.07. The van der Waals surface area contributed by atoms with Gasteiger partial charge in [0, 0.05) is 19.2 Å². The minimum absolute atomic E-state index is 0.0588. The maximum absolute atomic E-state index is 14.3. The molecule has 46 heavy (non-hydrogen) atoms. The number of nitrogens with one attached hydrogen (secondary N) is 1. The van der Waals surface area contributed by atoms with Gasteiger partial charge in [-0.2, -0.15) is 0 Å². The van der Waals surface area contributed by atoms with E-state index in [1.807, 2.05) is 26.8 Å². The molecule has 0 saturated heterocycles. The van der Waals surface area contributed by atoms with Crippen molar-refractivity contribution in [3.8, 4) is 23.0 Å². The Kier molecular flexibility index (Phi) is 13.5. The van der Waals surface area contributed by atoms with Crippen molar-refractivity contribution in [1.29, 1.82) is 0 Å². The zero-order valence-electron chi connectivity index (χ0n) is 27.4. The summed E-state index contributed by atoms with van der Waals surface area (Å²) in [5.41, 5.74) is 0.969. The van der Waals surface area contributed by atoms with Crippen LogP contribution in [0.5, 0.6) is 23.0 Å². The third kappa shape index (κ3) is 9.06. The Bertz CT molecular complexity index is 1550. The molecule has 0 heterocycles. The van der Waals surface area contributed by atoms with Crippen molar-refractivity contribution in [3.05, 3.63) is 72.3 Å². The molecule has 0 aliphatic carbocycles. The van der Waals surface area contributed by atoms with E-state index in [-0.39, 0.29) is 28.8 Å². The van der Waals surface area contributed by atoms with Gasteiger partial charge in [-0.3, -0.25) is 13.9 Å². The van der Waals surface area contributed by atoms with E-state index < -0.39 is 28.5 Å². The van der Waals surface area contributed by atoms with Crippen LogP contribution >= 0.6 is 0 Å². The van der Waals surface area contributed by atoms with Gasteiger partial charge in [-0.1, -0.05) is 32.4 Å². The molecule has 11 nitrogen and oxygen atoms in total. The second-order valence-electron chi connectivity index (χ2n) is 10.4. The first kappa shape index (κ1) is 36.0. The van der Waals surface area contributed by atoms with Crippen LogP contribution in [0.3, 0.4) is 0 Å². The first-order chi connectivity index (χ1) is 22.1. The van der Waals surface area contributed by atoms with Gasteiger partial charge in [0.2, 0.25) is 11.8 Å². The van der Waals surface area contributed by atoms with Gasteiger partial charge in [-0.05, 0) is 73.9 Å². The third-order valence-corrected chi connectivity index (χ3v) is 9.13. The van der Waals surface area contributed by atoms with Gasteiger partial charge in [-0.25, -0.2) is 8.42 Å². The monoisotopic (exact) mass is 655 g/mol. The Hall–Kier alpha value is -4.45. The summed E-state index contributed by atoms with van der Waals surface area (Å²) in [6.07, 6.45) is 2.01. The van der Waals surface area contributed by atoms with Gasteiger partial charge >= 0.3 is 0 Å². The lowest BCUT2D eigenvalue weighted by Gasteiger charge is -2.33. The van der Waals surface area contributed by atoms with Gasteiger partial charge in [0.05, 0.1) is 38.5 Å². The number of hydrogen-bond donors (Lipinski definition) is 1. The molecule has 1 atom stereocenters. The molecule has 0 aromatic heterocycles. The van der Waals surface area contributed by atoms with Crippen LogP contribution in [0.15, 0.2) is 71.6 Å². The van der Waals surface area contributed by atoms with E-state index >= 15 is 0 Å². The molecule has 0 spiro atoms. The summed E-state index contributed by atoms with van der Waals surface area (Å²) in [6, 6.07) is 17.0. The van der Waals surface area contributed by atoms with Crippen LogP contribution in [0.4, 0.5) is 5.69 Å². The molecule has 0 fully saturated rings. The van der Waals surface area contributed by atoms with Crippen molar-refractivity contribution in [2.45, 2.75) is 57.5 Å². The maximum atomic E-state index is 14.3. The fourth-order valence-corrected chi connectivity index (χ4v) is 6.33. The number of carbonyl (C=O) groups excluding carboxylic acids is 2. The van der Waals surface area contributed by atoms with Crippen LogP contribution in [0.2, 0.25) is 0 Å². The maximum Gasteiger partial charge on any atom is 0.264 e. The van der Waals surface area contributed by atoms with Gasteiger partial charge < -0.3 is 29.2 Å². The van der Waals surface area contributed by atoms with Gasteiger partial charge in [0.1, 0.15) is 24.1 Å². The van der Waals surface area contributed by atoms with Crippen LogP contribution in [-0.2, 0) is 26.2 Å². The number of amides is 2. The van der Waals surface area contributed by atoms with E-state index in [4.69, 9.17) is 18.9 Å². The molecule has 0 aliphatic rings. The molecule has 0 aliphatic heterocycles. The second-order valence-corrected chi connectivity index (χ2v) is 12.3. The molecule has 0 unspecified atom stereocenters. The smallest absolute Gasteiger partial charge is 0.264 e. The number of ether oxygens (including phenoxy) is 4. The van der Waals surface area contributed by atoms with Crippen LogP contribution in [0.25, 0.3) is 0 Å². The summed E-state index contributed by atoms with van der Waals surface area (Å²) in [7, 11) is 0.0835. The zero-order chi connectivity index (χ0) is 33.7. The summed E-state index contributed by atoms with van der Waals surface area (Å²) < 4.78 is 51.2. The summed E-state index contributed by atoms with van der Waals surface area (Å²) in [5.74, 6) is 0.860. The normalized spacial score (nSPS) is 11.7. The number of nitrogens with zero attached hydrogens (tertiary/aromatic N) is 2. The Morgan fingerprint density at radius 1 is 0.848 bits per heavy atom. The van der Waals surface area contributed by atoms with E-state index in [9.17, 15) is 18.0 Å². The summed E-state index contributed by atoms with van der Waals surface area (Å²) >= 11 is 0. The van der Waals surface area contributed by atoms with Crippen LogP contribution < -0.4 is 28.6 Å². The largest absolute Gasteiger partial charge is 0.497 e. The fraction of sp³-hybridized carbons (Fsp3) is 0.412. The molecule has 250 valence electrons. The molecular weight excluding hydrogens is 610 g/mol. The molecule has 0 saturated carbocycles. The predicted octanol–water partition coefficient (Wildman–Crippen LogP) is 5.03. The molecule has 3 aromatic carbocycles. The molecule has 1 N–H and O–H groups in total. The van der Waals surface area contributed by atoms with Crippen molar-refractivity contribution in [2.24, 2.45) is 0 Å². The molecule has 12 heteroatoms. The lowest BCUT2D eigenvalue weighted by atomic mass is 10.1. The minimum Gasteiger partial charge on any atom is -0.497 e. The SMILES string of the molecule is CCCCNC(=O)[C@@H](CC)N(Cc1cccc(OC)c1)C(=O)CN(c1ccc(OCC)cc1)S(=O)(=O)c1ccc(OC)c(OC)c1. The van der Waals surface area contributed by atoms with Crippen LogP contribution in [-0.4, -0.2) is 72.2 Å². The Morgan fingerprint density at radius 2 is 1.57 bits per heavy atom. The Morgan fingerprint density at radius 3 is 2.17 bits per heavy atom. The molecule has 0 radical (unpaired) electrons. The standard InChI is InChI=1S/C34H45N3O8S/c1-7-10-20-35-34(39)30(8-2)36(23-25-12-11-13-28(21-25)42-4)33(38)24-37(26-14-16-27(17-15-26)45-9-3)46(40,41)29-18-19-31(43-5)32(22-29)44-6/h11-19,21-22,30H,7-10,20,23-24H2,1-6H3,(H,35,39)/t30-/m1/s1. The van der Waals surface area contributed by atoms with Gasteiger partial charge in [0.25, 0.3) is 10.0 Å². The van der Waals surface area contributed by atoms with Crippen LogP contribution in [0, 0.1) is 0 Å². The van der Waals surface area contributed by atoms with Gasteiger partial charge in [0.15, 0.2) is 11.5 Å². The number of methoxy groups -OCH3 is 3. The van der Waals surface area contributed by atoms with E-state index in [0.29, 0.717) is 36.8 Å². The second kappa shape index (κ2) is 17.3. The van der Waals surface area contributed by atoms with E-state index in [1.165, 1.54) is 37.3 Å². The lowest BCUT2D eigenvalue weighted by molar-refractivity contribution is -0.140. The van der Waals surface area contributed by atoms with E-state index in [0.717, 1.165) is 22.7 Å². The van der Waals surface area contributed by atoms with Crippen molar-refractivity contribution in [2.75, 3.05) is 45.3 Å². The first-order valence-electron chi connectivity index (χ1n) is 15.3. The topological polar surface area (TPSA) is 124 Å². The molecule has 3 rings (SSSR count). The molecule has 0 bridgehead atoms. The minimum atomic E-state index is -4.33. The summed E-state index contributed by atoms with van der Waals surface area (Å²) in [4.78, 5) is 29.1. The van der Waals surface area contributed by atoms with Gasteiger partial charge in [-0.15, -0.1) is 0 Å². The molecule has 2 amide bonds. The highest BCUT2D eigenvalue weighted by Gasteiger charge is 2.34. The Balaban J connectivity index is 2.10. The number of carbonyl (C=O) groups is 2. The Labute approximate surface area is 272 Å². The third-order valence-electron chi connectivity index (χ3n) is 7.36. The van der Waals surface area contributed by atoms with Crippen molar-refractivity contribution in [1.82, 2.24) is 10.2 Å². The number of anilines is 1. The first-order valence-corrected chi connectivity index (χ1v) is 16.7. The number of unbranched alkanes of at least 4 members (excludes halogenated alkanes) is 1. The van der Waals surface area contributed by atoms with Crippen molar-refractivity contribution >= 4 is 27.5 Å². The fourth-order valence-electron chi connectivity index (χ4n) is 4.90. The van der Waals surface area contributed by atoms with Crippen molar-refractivity contribution < 1.29 is 37.0 Å².